The molecule has 1 fully saturated rings. The van der Waals surface area contributed by atoms with Gasteiger partial charge in [0.05, 0.1) is 31.4 Å². The molecule has 1 unspecified atom stereocenters. The molecule has 0 radical (unpaired) electrons. The van der Waals surface area contributed by atoms with E-state index in [-0.39, 0.29) is 18.6 Å². The van der Waals surface area contributed by atoms with Crippen molar-refractivity contribution >= 4 is 21.8 Å². The van der Waals surface area contributed by atoms with Gasteiger partial charge in [-0.3, -0.25) is 4.79 Å². The van der Waals surface area contributed by atoms with Gasteiger partial charge in [-0.25, -0.2) is 0 Å². The molecule has 0 bridgehead atoms. The molecule has 6 nitrogen and oxygen atoms in total. The van der Waals surface area contributed by atoms with E-state index >= 15 is 0 Å². The number of methoxy groups -OCH3 is 3. The van der Waals surface area contributed by atoms with E-state index in [0.29, 0.717) is 40.3 Å². The third-order valence-corrected chi connectivity index (χ3v) is 5.14. The molecule has 1 aliphatic rings. The molecule has 24 heavy (non-hydrogen) atoms. The maximum atomic E-state index is 13.1. The number of carbonyl (C=O) groups is 1. The number of halogens is 1. The van der Waals surface area contributed by atoms with Crippen molar-refractivity contribution in [1.82, 2.24) is 4.90 Å². The molecule has 1 heterocycles. The van der Waals surface area contributed by atoms with Crippen molar-refractivity contribution < 1.29 is 24.1 Å². The van der Waals surface area contributed by atoms with Gasteiger partial charge in [0.1, 0.15) is 0 Å². The molecule has 1 N–H and O–H groups in total. The van der Waals surface area contributed by atoms with Crippen LogP contribution in [-0.2, 0) is 0 Å². The summed E-state index contributed by atoms with van der Waals surface area (Å²) in [4.78, 5) is 14.9. The fourth-order valence-corrected chi connectivity index (χ4v) is 3.77. The Morgan fingerprint density at radius 1 is 1.25 bits per heavy atom. The number of piperidine rings is 1. The van der Waals surface area contributed by atoms with Crippen molar-refractivity contribution in [3.05, 3.63) is 16.1 Å². The standard InChI is InChI=1S/C17H24BrNO5/c1-22-13-10-12(14(18)16(24-3)15(13)23-2)17(21)19-8-5-4-6-11(19)7-9-20/h10-11,20H,4-9H2,1-3H3. The van der Waals surface area contributed by atoms with Crippen molar-refractivity contribution in [1.29, 1.82) is 0 Å². The predicted octanol–water partition coefficient (Wildman–Crippen LogP) is 2.85. The highest BCUT2D eigenvalue weighted by Crippen LogP contribution is 2.45. The Morgan fingerprint density at radius 3 is 2.54 bits per heavy atom. The van der Waals surface area contributed by atoms with Gasteiger partial charge in [-0.15, -0.1) is 0 Å². The minimum Gasteiger partial charge on any atom is -0.493 e. The highest BCUT2D eigenvalue weighted by molar-refractivity contribution is 9.10. The highest BCUT2D eigenvalue weighted by atomic mass is 79.9. The Morgan fingerprint density at radius 2 is 1.96 bits per heavy atom. The zero-order valence-electron chi connectivity index (χ0n) is 14.3. The zero-order valence-corrected chi connectivity index (χ0v) is 15.9. The predicted molar refractivity (Wildman–Crippen MR) is 94.2 cm³/mol. The minimum absolute atomic E-state index is 0.0576. The first-order valence-corrected chi connectivity index (χ1v) is 8.78. The molecule has 0 spiro atoms. The van der Waals surface area contributed by atoms with Gasteiger partial charge < -0.3 is 24.2 Å². The van der Waals surface area contributed by atoms with Crippen molar-refractivity contribution in [3.63, 3.8) is 0 Å². The van der Waals surface area contributed by atoms with Crippen molar-refractivity contribution in [2.45, 2.75) is 31.7 Å². The van der Waals surface area contributed by atoms with Crippen LogP contribution in [0.4, 0.5) is 0 Å². The molecule has 1 aromatic carbocycles. The van der Waals surface area contributed by atoms with E-state index in [1.807, 2.05) is 4.90 Å². The summed E-state index contributed by atoms with van der Waals surface area (Å²) in [5.74, 6) is 1.21. The zero-order chi connectivity index (χ0) is 17.7. The molecule has 0 aliphatic carbocycles. The maximum Gasteiger partial charge on any atom is 0.255 e. The number of amides is 1. The van der Waals surface area contributed by atoms with Gasteiger partial charge in [0.25, 0.3) is 5.91 Å². The van der Waals surface area contributed by atoms with E-state index in [0.717, 1.165) is 19.3 Å². The molecule has 1 atom stereocenters. The Labute approximate surface area is 150 Å². The van der Waals surface area contributed by atoms with Gasteiger partial charge in [0.2, 0.25) is 5.75 Å². The average molecular weight is 402 g/mol. The molecule has 1 aromatic rings. The van der Waals surface area contributed by atoms with Crippen LogP contribution in [-0.4, -0.2) is 56.4 Å². The monoisotopic (exact) mass is 401 g/mol. The fraction of sp³-hybridized carbons (Fsp3) is 0.588. The number of nitrogens with zero attached hydrogens (tertiary/aromatic N) is 1. The minimum atomic E-state index is -0.0979. The number of likely N-dealkylation sites (tertiary alicyclic amines) is 1. The Bertz CT molecular complexity index is 591. The number of benzene rings is 1. The number of hydrogen-bond donors (Lipinski definition) is 1. The summed E-state index contributed by atoms with van der Waals surface area (Å²) in [6, 6.07) is 1.72. The van der Waals surface area contributed by atoms with Gasteiger partial charge in [-0.2, -0.15) is 0 Å². The van der Waals surface area contributed by atoms with Crippen LogP contribution in [0.25, 0.3) is 0 Å². The first-order valence-electron chi connectivity index (χ1n) is 7.99. The smallest absolute Gasteiger partial charge is 0.255 e. The molecule has 134 valence electrons. The second kappa shape index (κ2) is 8.58. The van der Waals surface area contributed by atoms with Crippen molar-refractivity contribution in [3.8, 4) is 17.2 Å². The lowest BCUT2D eigenvalue weighted by molar-refractivity contribution is 0.0573. The Kier molecular flexibility index (Phi) is 6.74. The molecule has 1 aliphatic heterocycles. The SMILES string of the molecule is COc1cc(C(=O)N2CCCCC2CCO)c(Br)c(OC)c1OC. The van der Waals surface area contributed by atoms with Crippen LogP contribution >= 0.6 is 15.9 Å². The topological polar surface area (TPSA) is 68.2 Å². The molecular weight excluding hydrogens is 378 g/mol. The first-order chi connectivity index (χ1) is 11.6. The maximum absolute atomic E-state index is 13.1. The summed E-state index contributed by atoms with van der Waals surface area (Å²) in [7, 11) is 4.57. The second-order valence-electron chi connectivity index (χ2n) is 5.67. The largest absolute Gasteiger partial charge is 0.493 e. The van der Waals surface area contributed by atoms with E-state index < -0.39 is 0 Å². The number of ether oxygens (including phenoxy) is 3. The fourth-order valence-electron chi connectivity index (χ4n) is 3.15. The van der Waals surface area contributed by atoms with E-state index in [9.17, 15) is 9.90 Å². The van der Waals surface area contributed by atoms with Crippen molar-refractivity contribution in [2.75, 3.05) is 34.5 Å². The molecule has 1 amide bonds. The van der Waals surface area contributed by atoms with Crippen LogP contribution in [0.3, 0.4) is 0 Å². The quantitative estimate of drug-likeness (QED) is 0.793. The highest BCUT2D eigenvalue weighted by Gasteiger charge is 2.31. The lowest BCUT2D eigenvalue weighted by Crippen LogP contribution is -2.44. The third kappa shape index (κ3) is 3.62. The molecule has 2 rings (SSSR count). The van der Waals surface area contributed by atoms with Gasteiger partial charge in [0, 0.05) is 19.2 Å². The number of aliphatic hydroxyl groups excluding tert-OH is 1. The summed E-state index contributed by atoms with van der Waals surface area (Å²) >= 11 is 3.47. The van der Waals surface area contributed by atoms with Gasteiger partial charge in [-0.05, 0) is 47.7 Å². The van der Waals surface area contributed by atoms with Crippen LogP contribution in [0.5, 0.6) is 17.2 Å². The van der Waals surface area contributed by atoms with Gasteiger partial charge >= 0.3 is 0 Å². The molecule has 7 heteroatoms. The summed E-state index contributed by atoms with van der Waals surface area (Å²) in [6.45, 7) is 0.761. The van der Waals surface area contributed by atoms with E-state index in [1.54, 1.807) is 6.07 Å². The first kappa shape index (κ1) is 18.9. The van der Waals surface area contributed by atoms with Crippen molar-refractivity contribution in [2.24, 2.45) is 0 Å². The lowest BCUT2D eigenvalue weighted by Gasteiger charge is -2.36. The molecule has 1 saturated heterocycles. The van der Waals surface area contributed by atoms with E-state index in [1.165, 1.54) is 21.3 Å². The second-order valence-corrected chi connectivity index (χ2v) is 6.46. The average Bonchev–Trinajstić information content (AvgIpc) is 2.61. The van der Waals surface area contributed by atoms with E-state index in [2.05, 4.69) is 15.9 Å². The van der Waals surface area contributed by atoms with Gasteiger partial charge in [-0.1, -0.05) is 0 Å². The summed E-state index contributed by atoms with van der Waals surface area (Å²) in [6.07, 6.45) is 3.54. The number of carbonyl (C=O) groups excluding carboxylic acids is 1. The van der Waals surface area contributed by atoms with Crippen LogP contribution in [0.1, 0.15) is 36.0 Å². The number of aliphatic hydroxyl groups is 1. The molecular formula is C17H24BrNO5. The van der Waals surface area contributed by atoms with Gasteiger partial charge in [0.15, 0.2) is 11.5 Å². The third-order valence-electron chi connectivity index (χ3n) is 4.35. The van der Waals surface area contributed by atoms with E-state index in [4.69, 9.17) is 14.2 Å². The Balaban J connectivity index is 2.44. The lowest BCUT2D eigenvalue weighted by atomic mass is 9.98. The summed E-state index contributed by atoms with van der Waals surface area (Å²) in [5.41, 5.74) is 0.467. The van der Waals surface area contributed by atoms with Crippen LogP contribution in [0.2, 0.25) is 0 Å². The normalized spacial score (nSPS) is 17.5. The summed E-state index contributed by atoms with van der Waals surface area (Å²) < 4.78 is 16.6. The van der Waals surface area contributed by atoms with Crippen LogP contribution in [0, 0.1) is 0 Å². The van der Waals surface area contributed by atoms with Crippen LogP contribution in [0.15, 0.2) is 10.5 Å². The van der Waals surface area contributed by atoms with Crippen LogP contribution < -0.4 is 14.2 Å². The Hall–Kier alpha value is -1.47. The molecule has 0 aromatic heterocycles. The number of hydrogen-bond acceptors (Lipinski definition) is 5. The number of rotatable bonds is 6. The summed E-state index contributed by atoms with van der Waals surface area (Å²) in [5, 5.41) is 9.27. The molecule has 0 saturated carbocycles.